The van der Waals surface area contributed by atoms with Crippen molar-refractivity contribution in [2.45, 2.75) is 64.5 Å². The summed E-state index contributed by atoms with van der Waals surface area (Å²) < 4.78 is 0. The molecule has 2 aliphatic heterocycles. The van der Waals surface area contributed by atoms with E-state index in [4.69, 9.17) is 0 Å². The van der Waals surface area contributed by atoms with Crippen LogP contribution in [0.15, 0.2) is 0 Å². The van der Waals surface area contributed by atoms with Gasteiger partial charge in [-0.05, 0) is 50.0 Å². The van der Waals surface area contributed by atoms with Gasteiger partial charge in [-0.1, -0.05) is 26.7 Å². The van der Waals surface area contributed by atoms with Crippen molar-refractivity contribution < 1.29 is 4.79 Å². The van der Waals surface area contributed by atoms with Gasteiger partial charge in [-0.2, -0.15) is 0 Å². The third-order valence-electron chi connectivity index (χ3n) is 5.74. The van der Waals surface area contributed by atoms with E-state index < -0.39 is 0 Å². The average molecular weight is 307 g/mol. The zero-order valence-corrected chi connectivity index (χ0v) is 14.3. The summed E-state index contributed by atoms with van der Waals surface area (Å²) in [4.78, 5) is 15.0. The quantitative estimate of drug-likeness (QED) is 0.816. The highest BCUT2D eigenvalue weighted by Crippen LogP contribution is 2.33. The van der Waals surface area contributed by atoms with E-state index in [1.165, 1.54) is 45.2 Å². The highest BCUT2D eigenvalue weighted by molar-refractivity contribution is 5.82. The van der Waals surface area contributed by atoms with E-state index in [1.54, 1.807) is 0 Å². The maximum absolute atomic E-state index is 12.4. The Bertz CT molecular complexity index is 371. The Labute approximate surface area is 135 Å². The molecule has 3 aliphatic rings. The first kappa shape index (κ1) is 16.3. The van der Waals surface area contributed by atoms with E-state index in [9.17, 15) is 4.79 Å². The van der Waals surface area contributed by atoms with Crippen LogP contribution < -0.4 is 10.6 Å². The van der Waals surface area contributed by atoms with Gasteiger partial charge in [0.1, 0.15) is 0 Å². The van der Waals surface area contributed by atoms with E-state index in [-0.39, 0.29) is 11.9 Å². The number of rotatable bonds is 5. The lowest BCUT2D eigenvalue weighted by Crippen LogP contribution is -2.44. The number of carbonyl (C=O) groups excluding carboxylic acids is 1. The topological polar surface area (TPSA) is 44.4 Å². The second-order valence-electron chi connectivity index (χ2n) is 8.16. The molecule has 4 heteroatoms. The molecule has 2 saturated heterocycles. The van der Waals surface area contributed by atoms with E-state index >= 15 is 0 Å². The molecule has 0 aromatic heterocycles. The average Bonchev–Trinajstić information content (AvgIpc) is 3.10. The second kappa shape index (κ2) is 7.31. The van der Waals surface area contributed by atoms with Crippen LogP contribution in [0, 0.1) is 17.8 Å². The fraction of sp³-hybridized carbons (Fsp3) is 0.944. The summed E-state index contributed by atoms with van der Waals surface area (Å²) in [5.74, 6) is 2.37. The van der Waals surface area contributed by atoms with Crippen LogP contribution in [0.5, 0.6) is 0 Å². The van der Waals surface area contributed by atoms with Crippen LogP contribution in [0.3, 0.4) is 0 Å². The molecule has 2 N–H and O–H groups in total. The predicted molar refractivity (Wildman–Crippen MR) is 89.7 cm³/mol. The molecule has 0 bridgehead atoms. The van der Waals surface area contributed by atoms with Gasteiger partial charge in [0, 0.05) is 25.7 Å². The first-order chi connectivity index (χ1) is 10.6. The van der Waals surface area contributed by atoms with E-state index in [1.807, 2.05) is 0 Å². The highest BCUT2D eigenvalue weighted by atomic mass is 16.2. The number of likely N-dealkylation sites (tertiary alicyclic amines) is 1. The number of nitrogens with one attached hydrogen (secondary N) is 2. The van der Waals surface area contributed by atoms with Gasteiger partial charge < -0.3 is 15.5 Å². The summed E-state index contributed by atoms with van der Waals surface area (Å²) in [5.41, 5.74) is 0. The molecule has 1 aliphatic carbocycles. The minimum absolute atomic E-state index is 0.0706. The minimum Gasteiger partial charge on any atom is -0.354 e. The molecule has 1 amide bonds. The van der Waals surface area contributed by atoms with Crippen LogP contribution in [0.1, 0.15) is 52.4 Å². The van der Waals surface area contributed by atoms with Gasteiger partial charge in [-0.3, -0.25) is 4.79 Å². The third kappa shape index (κ3) is 4.02. The lowest BCUT2D eigenvalue weighted by Gasteiger charge is -2.24. The van der Waals surface area contributed by atoms with Gasteiger partial charge in [-0.15, -0.1) is 0 Å². The molecule has 4 atom stereocenters. The molecule has 0 aromatic carbocycles. The molecule has 3 fully saturated rings. The fourth-order valence-electron chi connectivity index (χ4n) is 4.65. The van der Waals surface area contributed by atoms with Crippen molar-refractivity contribution in [3.05, 3.63) is 0 Å². The van der Waals surface area contributed by atoms with Gasteiger partial charge >= 0.3 is 0 Å². The van der Waals surface area contributed by atoms with Crippen molar-refractivity contribution in [2.24, 2.45) is 17.8 Å². The Balaban J connectivity index is 1.38. The SMILES string of the molecule is CC(C)CN1CCC(CNC(=O)C2CC3CCCCC3N2)C1. The molecule has 126 valence electrons. The first-order valence-corrected chi connectivity index (χ1v) is 9.38. The van der Waals surface area contributed by atoms with Crippen LogP contribution >= 0.6 is 0 Å². The maximum atomic E-state index is 12.4. The fourth-order valence-corrected chi connectivity index (χ4v) is 4.65. The molecule has 0 radical (unpaired) electrons. The number of nitrogens with zero attached hydrogens (tertiary/aromatic N) is 1. The molecule has 0 spiro atoms. The van der Waals surface area contributed by atoms with E-state index in [0.29, 0.717) is 12.0 Å². The largest absolute Gasteiger partial charge is 0.354 e. The molecule has 1 saturated carbocycles. The Hall–Kier alpha value is -0.610. The van der Waals surface area contributed by atoms with Gasteiger partial charge in [0.05, 0.1) is 6.04 Å². The van der Waals surface area contributed by atoms with Crippen LogP contribution in [0.25, 0.3) is 0 Å². The summed E-state index contributed by atoms with van der Waals surface area (Å²) in [5, 5.41) is 6.80. The molecule has 22 heavy (non-hydrogen) atoms. The lowest BCUT2D eigenvalue weighted by atomic mass is 9.85. The number of hydrogen-bond donors (Lipinski definition) is 2. The molecule has 0 aromatic rings. The van der Waals surface area contributed by atoms with E-state index in [2.05, 4.69) is 29.4 Å². The molecule has 2 heterocycles. The van der Waals surface area contributed by atoms with Gasteiger partial charge in [-0.25, -0.2) is 0 Å². The second-order valence-corrected chi connectivity index (χ2v) is 8.16. The number of amides is 1. The van der Waals surface area contributed by atoms with Crippen LogP contribution in [-0.2, 0) is 4.79 Å². The molecular weight excluding hydrogens is 274 g/mol. The normalized spacial score (nSPS) is 35.8. The summed E-state index contributed by atoms with van der Waals surface area (Å²) >= 11 is 0. The Morgan fingerprint density at radius 1 is 1.27 bits per heavy atom. The maximum Gasteiger partial charge on any atom is 0.237 e. The number of fused-ring (bicyclic) bond motifs is 1. The van der Waals surface area contributed by atoms with Crippen molar-refractivity contribution in [3.63, 3.8) is 0 Å². The Kier molecular flexibility index (Phi) is 5.40. The summed E-state index contributed by atoms with van der Waals surface area (Å²) in [6.45, 7) is 8.96. The van der Waals surface area contributed by atoms with Crippen LogP contribution in [0.4, 0.5) is 0 Å². The Morgan fingerprint density at radius 2 is 2.09 bits per heavy atom. The standard InChI is InChI=1S/C18H33N3O/c1-13(2)11-21-8-7-14(12-21)10-19-18(22)17-9-15-5-3-4-6-16(15)20-17/h13-17,20H,3-12H2,1-2H3,(H,19,22). The van der Waals surface area contributed by atoms with E-state index in [0.717, 1.165) is 31.3 Å². The smallest absolute Gasteiger partial charge is 0.237 e. The zero-order valence-electron chi connectivity index (χ0n) is 14.3. The van der Waals surface area contributed by atoms with Gasteiger partial charge in [0.2, 0.25) is 5.91 Å². The van der Waals surface area contributed by atoms with Crippen molar-refractivity contribution >= 4 is 5.91 Å². The van der Waals surface area contributed by atoms with Crippen LogP contribution in [0.2, 0.25) is 0 Å². The van der Waals surface area contributed by atoms with Gasteiger partial charge in [0.15, 0.2) is 0 Å². The van der Waals surface area contributed by atoms with Crippen LogP contribution in [-0.4, -0.2) is 49.1 Å². The first-order valence-electron chi connectivity index (χ1n) is 9.38. The molecule has 4 nitrogen and oxygen atoms in total. The molecule has 4 unspecified atom stereocenters. The van der Waals surface area contributed by atoms with Crippen molar-refractivity contribution in [2.75, 3.05) is 26.2 Å². The number of carbonyl (C=O) groups is 1. The number of hydrogen-bond acceptors (Lipinski definition) is 3. The van der Waals surface area contributed by atoms with Crippen molar-refractivity contribution in [1.82, 2.24) is 15.5 Å². The molecule has 3 rings (SSSR count). The van der Waals surface area contributed by atoms with Crippen molar-refractivity contribution in [3.8, 4) is 0 Å². The summed E-state index contributed by atoms with van der Waals surface area (Å²) in [6, 6.07) is 0.679. The monoisotopic (exact) mass is 307 g/mol. The summed E-state index contributed by atoms with van der Waals surface area (Å²) in [6.07, 6.45) is 7.55. The third-order valence-corrected chi connectivity index (χ3v) is 5.74. The highest BCUT2D eigenvalue weighted by Gasteiger charge is 2.38. The predicted octanol–water partition coefficient (Wildman–Crippen LogP) is 2.00. The zero-order chi connectivity index (χ0) is 15.5. The lowest BCUT2D eigenvalue weighted by molar-refractivity contribution is -0.123. The minimum atomic E-state index is 0.0706. The Morgan fingerprint density at radius 3 is 2.86 bits per heavy atom. The van der Waals surface area contributed by atoms with Crippen molar-refractivity contribution in [1.29, 1.82) is 0 Å². The van der Waals surface area contributed by atoms with Gasteiger partial charge in [0.25, 0.3) is 0 Å². The summed E-state index contributed by atoms with van der Waals surface area (Å²) in [7, 11) is 0. The molecular formula is C18H33N3O.